The molecular formula is C38H33N3O2. The van der Waals surface area contributed by atoms with Crippen molar-refractivity contribution in [3.8, 4) is 0 Å². The van der Waals surface area contributed by atoms with E-state index in [-0.39, 0.29) is 11.8 Å². The van der Waals surface area contributed by atoms with Gasteiger partial charge in [-0.3, -0.25) is 4.79 Å². The average Bonchev–Trinajstić information content (AvgIpc) is 3.70. The van der Waals surface area contributed by atoms with Gasteiger partial charge in [0.05, 0.1) is 12.0 Å². The van der Waals surface area contributed by atoms with Gasteiger partial charge in [0.25, 0.3) is 5.91 Å². The number of imidazole rings is 1. The van der Waals surface area contributed by atoms with Gasteiger partial charge in [-0.2, -0.15) is 0 Å². The van der Waals surface area contributed by atoms with Crippen LogP contribution in [0.3, 0.4) is 0 Å². The van der Waals surface area contributed by atoms with Crippen LogP contribution in [0.15, 0.2) is 134 Å². The van der Waals surface area contributed by atoms with E-state index in [1.54, 1.807) is 0 Å². The van der Waals surface area contributed by atoms with Gasteiger partial charge < -0.3 is 15.0 Å². The Hall–Kier alpha value is -5.00. The van der Waals surface area contributed by atoms with Crippen molar-refractivity contribution in [2.24, 2.45) is 5.92 Å². The molecule has 0 fully saturated rings. The lowest BCUT2D eigenvalue weighted by atomic mass is 9.76. The number of hydrogen-bond donors (Lipinski definition) is 2. The number of nitrogens with one attached hydrogen (secondary N) is 1. The molecule has 6 aromatic rings. The number of hydrogen-bond acceptors (Lipinski definition) is 3. The van der Waals surface area contributed by atoms with Gasteiger partial charge in [0.2, 0.25) is 0 Å². The maximum absolute atomic E-state index is 12.6. The monoisotopic (exact) mass is 563 g/mol. The van der Waals surface area contributed by atoms with Crippen molar-refractivity contribution in [3.05, 3.63) is 173 Å². The second-order valence-corrected chi connectivity index (χ2v) is 11.6. The van der Waals surface area contributed by atoms with Crippen molar-refractivity contribution in [2.45, 2.75) is 31.5 Å². The molecule has 5 heteroatoms. The summed E-state index contributed by atoms with van der Waals surface area (Å²) in [5.41, 5.74) is 4.25. The molecule has 1 amide bonds. The maximum atomic E-state index is 12.6. The molecule has 0 saturated heterocycles. The van der Waals surface area contributed by atoms with Crippen molar-refractivity contribution in [2.75, 3.05) is 0 Å². The number of fused-ring (bicyclic) bond motifs is 3. The van der Waals surface area contributed by atoms with E-state index in [0.29, 0.717) is 12.2 Å². The summed E-state index contributed by atoms with van der Waals surface area (Å²) >= 11 is 0. The van der Waals surface area contributed by atoms with E-state index < -0.39 is 11.1 Å². The van der Waals surface area contributed by atoms with Crippen LogP contribution >= 0.6 is 0 Å². The first-order chi connectivity index (χ1) is 20.9. The third-order valence-electron chi connectivity index (χ3n) is 9.01. The summed E-state index contributed by atoms with van der Waals surface area (Å²) in [6.07, 6.45) is 3.85. The van der Waals surface area contributed by atoms with Gasteiger partial charge in [-0.1, -0.05) is 123 Å². The summed E-state index contributed by atoms with van der Waals surface area (Å²) in [6, 6.07) is 41.2. The quantitative estimate of drug-likeness (QED) is 0.205. The highest BCUT2D eigenvalue weighted by Gasteiger charge is 2.42. The highest BCUT2D eigenvalue weighted by atomic mass is 16.3. The van der Waals surface area contributed by atoms with Gasteiger partial charge >= 0.3 is 0 Å². The molecule has 0 bridgehead atoms. The number of aromatic nitrogens is 2. The Morgan fingerprint density at radius 2 is 1.35 bits per heavy atom. The topological polar surface area (TPSA) is 67.2 Å². The average molecular weight is 564 g/mol. The molecule has 7 rings (SSSR count). The zero-order chi connectivity index (χ0) is 29.6. The lowest BCUT2D eigenvalue weighted by Gasteiger charge is -2.37. The molecule has 0 spiro atoms. The lowest BCUT2D eigenvalue weighted by molar-refractivity contribution is 0.0279. The lowest BCUT2D eigenvalue weighted by Crippen LogP contribution is -2.37. The first-order valence-corrected chi connectivity index (χ1v) is 14.7. The molecule has 5 aromatic carbocycles. The molecule has 212 valence electrons. The fourth-order valence-electron chi connectivity index (χ4n) is 6.76. The molecule has 1 aliphatic rings. The van der Waals surface area contributed by atoms with Crippen LogP contribution in [0, 0.1) is 5.92 Å². The molecule has 0 aliphatic carbocycles. The van der Waals surface area contributed by atoms with E-state index in [4.69, 9.17) is 4.98 Å². The van der Waals surface area contributed by atoms with Gasteiger partial charge in [-0.25, -0.2) is 4.98 Å². The number of carbonyl (C=O) groups is 1. The van der Waals surface area contributed by atoms with Crippen LogP contribution in [-0.4, -0.2) is 20.6 Å². The fourth-order valence-corrected chi connectivity index (χ4v) is 6.76. The molecule has 1 atom stereocenters. The predicted octanol–water partition coefficient (Wildman–Crippen LogP) is 7.01. The minimum absolute atomic E-state index is 0.0380. The summed E-state index contributed by atoms with van der Waals surface area (Å²) in [7, 11) is 0. The Balaban J connectivity index is 1.43. The molecule has 0 saturated carbocycles. The smallest absolute Gasteiger partial charge is 0.251 e. The molecule has 1 aliphatic heterocycles. The van der Waals surface area contributed by atoms with Crippen LogP contribution in [0.5, 0.6) is 0 Å². The number of nitrogens with zero attached hydrogens (tertiary/aromatic N) is 2. The van der Waals surface area contributed by atoms with Crippen LogP contribution in [0.25, 0.3) is 10.8 Å². The maximum Gasteiger partial charge on any atom is 0.251 e. The largest absolute Gasteiger partial charge is 0.378 e. The number of amides is 1. The number of benzene rings is 5. The Kier molecular flexibility index (Phi) is 6.48. The third-order valence-corrected chi connectivity index (χ3v) is 9.01. The highest BCUT2D eigenvalue weighted by Crippen LogP contribution is 2.43. The van der Waals surface area contributed by atoms with Crippen molar-refractivity contribution in [3.63, 3.8) is 0 Å². The summed E-state index contributed by atoms with van der Waals surface area (Å²) < 4.78 is 2.14. The summed E-state index contributed by atoms with van der Waals surface area (Å²) in [4.78, 5) is 17.2. The van der Waals surface area contributed by atoms with E-state index in [0.717, 1.165) is 44.2 Å². The van der Waals surface area contributed by atoms with Crippen LogP contribution < -0.4 is 5.32 Å². The summed E-state index contributed by atoms with van der Waals surface area (Å²) in [5.74, 6) is -0.213. The van der Waals surface area contributed by atoms with Crippen LogP contribution in [0.1, 0.15) is 57.7 Å². The third kappa shape index (κ3) is 4.11. The SMILES string of the molecule is CC(C)C(O)(c1ccc2c3c(ccc2c1)C(=O)NC3)c1cn(C(c2ccccc2)(c2ccccc2)c2ccccc2)cn1. The molecule has 2 N–H and O–H groups in total. The van der Waals surface area contributed by atoms with Crippen LogP contribution in [0.2, 0.25) is 0 Å². The Morgan fingerprint density at radius 3 is 1.91 bits per heavy atom. The van der Waals surface area contributed by atoms with E-state index in [1.807, 2.05) is 74.9 Å². The van der Waals surface area contributed by atoms with Gasteiger partial charge in [0, 0.05) is 18.3 Å². The molecule has 5 nitrogen and oxygen atoms in total. The zero-order valence-corrected chi connectivity index (χ0v) is 24.2. The molecule has 43 heavy (non-hydrogen) atoms. The number of carbonyl (C=O) groups excluding carboxylic acids is 1. The van der Waals surface area contributed by atoms with Crippen molar-refractivity contribution < 1.29 is 9.90 Å². The van der Waals surface area contributed by atoms with Crippen molar-refractivity contribution in [1.82, 2.24) is 14.9 Å². The molecule has 2 heterocycles. The van der Waals surface area contributed by atoms with Crippen LogP contribution in [-0.2, 0) is 17.7 Å². The molecule has 1 unspecified atom stereocenters. The first-order valence-electron chi connectivity index (χ1n) is 14.7. The second kappa shape index (κ2) is 10.4. The summed E-state index contributed by atoms with van der Waals surface area (Å²) in [6.45, 7) is 4.56. The molecular weight excluding hydrogens is 530 g/mol. The minimum atomic E-state index is -1.36. The summed E-state index contributed by atoms with van der Waals surface area (Å²) in [5, 5.41) is 17.5. The fraction of sp³-hybridized carbons (Fsp3) is 0.158. The Bertz CT molecular complexity index is 1830. The van der Waals surface area contributed by atoms with Crippen molar-refractivity contribution >= 4 is 16.7 Å². The minimum Gasteiger partial charge on any atom is -0.378 e. The van der Waals surface area contributed by atoms with Gasteiger partial charge in [-0.05, 0) is 56.6 Å². The van der Waals surface area contributed by atoms with E-state index in [1.165, 1.54) is 0 Å². The number of rotatable bonds is 7. The molecule has 0 radical (unpaired) electrons. The van der Waals surface area contributed by atoms with E-state index in [2.05, 4.69) is 82.7 Å². The van der Waals surface area contributed by atoms with E-state index in [9.17, 15) is 9.90 Å². The predicted molar refractivity (Wildman–Crippen MR) is 170 cm³/mol. The standard InChI is InChI=1S/C38H33N3O2/c1-26(2)38(43,31-19-21-32-27(22-31)18-20-33-34(32)23-39-36(33)42)35-24-41(25-40-35)37(28-12-6-3-7-13-28,29-14-8-4-9-15-29)30-16-10-5-11-17-30/h3-22,24-26,43H,23H2,1-2H3,(H,39,42). The highest BCUT2D eigenvalue weighted by molar-refractivity contribution is 6.04. The van der Waals surface area contributed by atoms with Gasteiger partial charge in [0.15, 0.2) is 0 Å². The Labute approximate surface area is 251 Å². The van der Waals surface area contributed by atoms with Crippen molar-refractivity contribution in [1.29, 1.82) is 0 Å². The van der Waals surface area contributed by atoms with E-state index >= 15 is 0 Å². The normalized spacial score (nSPS) is 14.5. The zero-order valence-electron chi connectivity index (χ0n) is 24.2. The first kappa shape index (κ1) is 26.9. The second-order valence-electron chi connectivity index (χ2n) is 11.6. The van der Waals surface area contributed by atoms with Gasteiger partial charge in [-0.15, -0.1) is 0 Å². The van der Waals surface area contributed by atoms with Gasteiger partial charge in [0.1, 0.15) is 11.1 Å². The molecule has 1 aromatic heterocycles. The van der Waals surface area contributed by atoms with Crippen LogP contribution in [0.4, 0.5) is 0 Å². The Morgan fingerprint density at radius 1 is 0.767 bits per heavy atom. The number of aliphatic hydroxyl groups is 1.